The van der Waals surface area contributed by atoms with Gasteiger partial charge in [0.25, 0.3) is 0 Å². The van der Waals surface area contributed by atoms with Crippen LogP contribution in [0.15, 0.2) is 67.3 Å². The van der Waals surface area contributed by atoms with E-state index in [2.05, 4.69) is 25.0 Å². The molecule has 32 heavy (non-hydrogen) atoms. The van der Waals surface area contributed by atoms with E-state index in [0.717, 1.165) is 12.1 Å². The summed E-state index contributed by atoms with van der Waals surface area (Å²) in [5.41, 5.74) is 2.03. The van der Waals surface area contributed by atoms with E-state index in [0.29, 0.717) is 34.0 Å². The van der Waals surface area contributed by atoms with E-state index in [9.17, 15) is 17.6 Å². The molecule has 160 valence electrons. The predicted molar refractivity (Wildman–Crippen MR) is 105 cm³/mol. The number of benzene rings is 2. The predicted octanol–water partition coefficient (Wildman–Crippen LogP) is 4.52. The second-order valence-electron chi connectivity index (χ2n) is 6.69. The fraction of sp³-hybridized carbons (Fsp3) is 0.0476. The van der Waals surface area contributed by atoms with Gasteiger partial charge in [-0.05, 0) is 42.0 Å². The van der Waals surface area contributed by atoms with Gasteiger partial charge in [0.2, 0.25) is 0 Å². The Morgan fingerprint density at radius 1 is 0.812 bits per heavy atom. The maximum absolute atomic E-state index is 13.6. The first-order valence-electron chi connectivity index (χ1n) is 9.24. The van der Waals surface area contributed by atoms with Gasteiger partial charge in [-0.25, -0.2) is 13.5 Å². The van der Waals surface area contributed by atoms with Crippen molar-refractivity contribution in [2.75, 3.05) is 0 Å². The number of hydrogen-bond donors (Lipinski definition) is 0. The van der Waals surface area contributed by atoms with Crippen molar-refractivity contribution < 1.29 is 22.3 Å². The lowest BCUT2D eigenvalue weighted by Crippen LogP contribution is -2.05. The van der Waals surface area contributed by atoms with Gasteiger partial charge in [-0.3, -0.25) is 9.38 Å². The Kier molecular flexibility index (Phi) is 4.77. The lowest BCUT2D eigenvalue weighted by Gasteiger charge is -2.08. The second kappa shape index (κ2) is 7.76. The van der Waals surface area contributed by atoms with Gasteiger partial charge in [0.15, 0.2) is 28.9 Å². The Bertz CT molecular complexity index is 1410. The average molecular weight is 440 g/mol. The summed E-state index contributed by atoms with van der Waals surface area (Å²) in [7, 11) is 0. The first-order chi connectivity index (χ1) is 15.5. The Morgan fingerprint density at radius 2 is 1.59 bits per heavy atom. The summed E-state index contributed by atoms with van der Waals surface area (Å²) >= 11 is 0. The lowest BCUT2D eigenvalue weighted by molar-refractivity contribution is -0.0498. The van der Waals surface area contributed by atoms with E-state index >= 15 is 0 Å². The molecule has 5 rings (SSSR count). The number of rotatable bonds is 5. The summed E-state index contributed by atoms with van der Waals surface area (Å²) in [6.07, 6.45) is 6.18. The molecule has 0 spiro atoms. The third-order valence-electron chi connectivity index (χ3n) is 4.71. The number of aromatic nitrogens is 6. The summed E-state index contributed by atoms with van der Waals surface area (Å²) < 4.78 is 59.2. The smallest absolute Gasteiger partial charge is 0.387 e. The maximum Gasteiger partial charge on any atom is 0.387 e. The highest BCUT2D eigenvalue weighted by atomic mass is 19.3. The minimum atomic E-state index is -2.92. The van der Waals surface area contributed by atoms with Crippen molar-refractivity contribution in [3.05, 3.63) is 78.9 Å². The number of hydrogen-bond acceptors (Lipinski definition) is 5. The topological polar surface area (TPSA) is 70.1 Å². The molecule has 0 aliphatic heterocycles. The highest BCUT2D eigenvalue weighted by Gasteiger charge is 2.15. The molecule has 7 nitrogen and oxygen atoms in total. The quantitative estimate of drug-likeness (QED) is 0.376. The molecule has 0 aliphatic rings. The summed E-state index contributed by atoms with van der Waals surface area (Å²) in [6.45, 7) is -2.92. The number of halogens is 4. The SMILES string of the molecule is Fc1ccc(-c2cnn(-c3cncc4nnc(-c5ccc(OC(F)F)cc5)n34)c2)cc1F. The molecule has 0 amide bonds. The lowest BCUT2D eigenvalue weighted by atomic mass is 10.1. The number of fused-ring (bicyclic) bond motifs is 1. The average Bonchev–Trinajstić information content (AvgIpc) is 3.43. The van der Waals surface area contributed by atoms with Crippen molar-refractivity contribution in [1.82, 2.24) is 29.4 Å². The summed E-state index contributed by atoms with van der Waals surface area (Å²) in [5, 5.41) is 12.6. The number of nitrogens with zero attached hydrogens (tertiary/aromatic N) is 6. The number of ether oxygens (including phenoxy) is 1. The minimum Gasteiger partial charge on any atom is -0.435 e. The zero-order valence-corrected chi connectivity index (χ0v) is 16.0. The summed E-state index contributed by atoms with van der Waals surface area (Å²) in [5.74, 6) is -0.980. The minimum absolute atomic E-state index is 0.0164. The van der Waals surface area contributed by atoms with E-state index in [1.807, 2.05) is 0 Å². The molecule has 2 aromatic carbocycles. The molecule has 0 saturated heterocycles. The third kappa shape index (κ3) is 3.53. The maximum atomic E-state index is 13.6. The Hall–Kier alpha value is -4.28. The van der Waals surface area contributed by atoms with Crippen LogP contribution in [-0.4, -0.2) is 36.0 Å². The fourth-order valence-corrected chi connectivity index (χ4v) is 3.24. The van der Waals surface area contributed by atoms with Gasteiger partial charge in [0, 0.05) is 17.3 Å². The van der Waals surface area contributed by atoms with Crippen molar-refractivity contribution >= 4 is 5.65 Å². The van der Waals surface area contributed by atoms with Crippen LogP contribution in [0, 0.1) is 11.6 Å². The van der Waals surface area contributed by atoms with Crippen LogP contribution in [0.1, 0.15) is 0 Å². The highest BCUT2D eigenvalue weighted by Crippen LogP contribution is 2.26. The van der Waals surface area contributed by atoms with Crippen LogP contribution in [0.3, 0.4) is 0 Å². The molecule has 0 unspecified atom stereocenters. The normalized spacial score (nSPS) is 11.4. The van der Waals surface area contributed by atoms with Crippen molar-refractivity contribution in [3.63, 3.8) is 0 Å². The van der Waals surface area contributed by atoms with Crippen LogP contribution in [0.2, 0.25) is 0 Å². The molecule has 0 fully saturated rings. The fourth-order valence-electron chi connectivity index (χ4n) is 3.24. The molecule has 3 heterocycles. The van der Waals surface area contributed by atoms with Crippen molar-refractivity contribution in [2.45, 2.75) is 6.61 Å². The van der Waals surface area contributed by atoms with E-state index in [-0.39, 0.29) is 5.75 Å². The van der Waals surface area contributed by atoms with E-state index in [4.69, 9.17) is 0 Å². The molecule has 5 aromatic rings. The van der Waals surface area contributed by atoms with Crippen LogP contribution in [0.5, 0.6) is 5.75 Å². The zero-order chi connectivity index (χ0) is 22.2. The largest absolute Gasteiger partial charge is 0.435 e. The molecular weight excluding hydrogens is 428 g/mol. The van der Waals surface area contributed by atoms with Crippen LogP contribution in [0.25, 0.3) is 34.0 Å². The monoisotopic (exact) mass is 440 g/mol. The standard InChI is InChI=1S/C21H12F4N6O/c22-16-6-3-13(7-17(16)23)14-8-27-30(11-14)19-10-26-9-18-28-29-20(31(18)19)12-1-4-15(5-2-12)32-21(24)25/h1-11,21H. The van der Waals surface area contributed by atoms with Crippen LogP contribution < -0.4 is 4.74 Å². The van der Waals surface area contributed by atoms with E-state index in [1.165, 1.54) is 41.5 Å². The molecule has 3 aromatic heterocycles. The van der Waals surface area contributed by atoms with Gasteiger partial charge < -0.3 is 4.74 Å². The Morgan fingerprint density at radius 3 is 2.34 bits per heavy atom. The van der Waals surface area contributed by atoms with Crippen molar-refractivity contribution in [2.24, 2.45) is 0 Å². The molecule has 0 saturated carbocycles. The van der Waals surface area contributed by atoms with Gasteiger partial charge in [-0.1, -0.05) is 6.07 Å². The van der Waals surface area contributed by atoms with E-state index in [1.54, 1.807) is 22.7 Å². The van der Waals surface area contributed by atoms with Crippen LogP contribution in [0.4, 0.5) is 17.6 Å². The Balaban J connectivity index is 1.57. The van der Waals surface area contributed by atoms with E-state index < -0.39 is 18.2 Å². The first-order valence-corrected chi connectivity index (χ1v) is 9.24. The first kappa shape index (κ1) is 19.7. The van der Waals surface area contributed by atoms with Gasteiger partial charge in [0.05, 0.1) is 18.6 Å². The molecule has 0 radical (unpaired) electrons. The highest BCUT2D eigenvalue weighted by molar-refractivity contribution is 5.64. The summed E-state index contributed by atoms with van der Waals surface area (Å²) in [4.78, 5) is 4.15. The molecule has 11 heteroatoms. The molecule has 0 bridgehead atoms. The van der Waals surface area contributed by atoms with Gasteiger partial charge in [0.1, 0.15) is 5.75 Å². The number of alkyl halides is 2. The van der Waals surface area contributed by atoms with Gasteiger partial charge in [-0.15, -0.1) is 10.2 Å². The molecule has 0 atom stereocenters. The van der Waals surface area contributed by atoms with Gasteiger partial charge in [-0.2, -0.15) is 13.9 Å². The van der Waals surface area contributed by atoms with Crippen LogP contribution in [-0.2, 0) is 0 Å². The van der Waals surface area contributed by atoms with Gasteiger partial charge >= 0.3 is 6.61 Å². The third-order valence-corrected chi connectivity index (χ3v) is 4.71. The molecule has 0 N–H and O–H groups in total. The van der Waals surface area contributed by atoms with Crippen molar-refractivity contribution in [3.8, 4) is 34.1 Å². The molecular formula is C21H12F4N6O. The van der Waals surface area contributed by atoms with Crippen molar-refractivity contribution in [1.29, 1.82) is 0 Å². The summed E-state index contributed by atoms with van der Waals surface area (Å²) in [6, 6.07) is 9.54. The zero-order valence-electron chi connectivity index (χ0n) is 16.0. The second-order valence-corrected chi connectivity index (χ2v) is 6.69. The Labute approximate surface area is 177 Å². The molecule has 0 aliphatic carbocycles. The van der Waals surface area contributed by atoms with Crippen LogP contribution >= 0.6 is 0 Å².